The molecule has 0 bridgehead atoms. The maximum atomic E-state index is 11.4. The second-order valence-electron chi connectivity index (χ2n) is 5.23. The summed E-state index contributed by atoms with van der Waals surface area (Å²) in [6.07, 6.45) is -0.572. The monoisotopic (exact) mass is 300 g/mol. The van der Waals surface area contributed by atoms with Crippen molar-refractivity contribution in [1.82, 2.24) is 0 Å². The topological polar surface area (TPSA) is 26.3 Å². The van der Waals surface area contributed by atoms with Gasteiger partial charge in [-0.25, -0.2) is 0 Å². The van der Waals surface area contributed by atoms with Crippen molar-refractivity contribution >= 4 is 16.7 Å². The molecule has 0 radical (unpaired) electrons. The normalized spacial score (nSPS) is 11.3. The molecule has 3 aromatic carbocycles. The average Bonchev–Trinajstić information content (AvgIpc) is 2.59. The van der Waals surface area contributed by atoms with Crippen molar-refractivity contribution in [2.24, 2.45) is 0 Å². The quantitative estimate of drug-likeness (QED) is 0.514. The highest BCUT2D eigenvalue weighted by Gasteiger charge is 2.12. The van der Waals surface area contributed by atoms with Gasteiger partial charge in [-0.1, -0.05) is 60.5 Å². The molecule has 3 rings (SSSR count). The molecule has 2 nitrogen and oxygen atoms in total. The van der Waals surface area contributed by atoms with Gasteiger partial charge in [0.05, 0.1) is 0 Å². The van der Waals surface area contributed by atoms with Crippen molar-refractivity contribution in [1.29, 1.82) is 0 Å². The van der Waals surface area contributed by atoms with Gasteiger partial charge < -0.3 is 4.74 Å². The molecule has 0 spiro atoms. The summed E-state index contributed by atoms with van der Waals surface area (Å²) < 4.78 is 5.39. The SMILES string of the molecule is CC(=O)OC(C#Cc1ccccc1)c1ccc2ccccc2c1. The zero-order chi connectivity index (χ0) is 16.1. The summed E-state index contributed by atoms with van der Waals surface area (Å²) in [5, 5.41) is 2.25. The highest BCUT2D eigenvalue weighted by Crippen LogP contribution is 2.22. The summed E-state index contributed by atoms with van der Waals surface area (Å²) in [4.78, 5) is 11.4. The molecule has 0 saturated carbocycles. The molecule has 0 aliphatic rings. The Kier molecular flexibility index (Phi) is 4.40. The number of benzene rings is 3. The fourth-order valence-corrected chi connectivity index (χ4v) is 2.39. The van der Waals surface area contributed by atoms with E-state index in [-0.39, 0.29) is 5.97 Å². The molecule has 0 saturated heterocycles. The minimum absolute atomic E-state index is 0.342. The van der Waals surface area contributed by atoms with E-state index >= 15 is 0 Å². The largest absolute Gasteiger partial charge is 0.444 e. The molecule has 1 atom stereocenters. The van der Waals surface area contributed by atoms with Crippen molar-refractivity contribution in [3.05, 3.63) is 83.9 Å². The van der Waals surface area contributed by atoms with Gasteiger partial charge in [-0.05, 0) is 34.9 Å². The number of carbonyl (C=O) groups excluding carboxylic acids is 1. The molecule has 112 valence electrons. The first-order valence-electron chi connectivity index (χ1n) is 7.45. The molecule has 0 fully saturated rings. The van der Waals surface area contributed by atoms with E-state index in [1.165, 1.54) is 6.92 Å². The number of rotatable bonds is 2. The highest BCUT2D eigenvalue weighted by molar-refractivity contribution is 5.83. The zero-order valence-electron chi connectivity index (χ0n) is 12.8. The zero-order valence-corrected chi connectivity index (χ0v) is 12.8. The highest BCUT2D eigenvalue weighted by atomic mass is 16.5. The van der Waals surface area contributed by atoms with E-state index < -0.39 is 6.10 Å². The lowest BCUT2D eigenvalue weighted by atomic mass is 10.0. The maximum Gasteiger partial charge on any atom is 0.304 e. The molecule has 0 heterocycles. The summed E-state index contributed by atoms with van der Waals surface area (Å²) in [7, 11) is 0. The lowest BCUT2D eigenvalue weighted by Gasteiger charge is -2.12. The van der Waals surface area contributed by atoms with E-state index in [0.717, 1.165) is 21.9 Å². The van der Waals surface area contributed by atoms with Crippen LogP contribution in [0.15, 0.2) is 72.8 Å². The first kappa shape index (κ1) is 14.9. The predicted octanol–water partition coefficient (Wildman–Crippen LogP) is 4.50. The van der Waals surface area contributed by atoms with Gasteiger partial charge in [-0.15, -0.1) is 0 Å². The molecule has 2 heteroatoms. The van der Waals surface area contributed by atoms with Gasteiger partial charge in [0.1, 0.15) is 0 Å². The summed E-state index contributed by atoms with van der Waals surface area (Å²) in [6.45, 7) is 1.40. The van der Waals surface area contributed by atoms with Crippen LogP contribution >= 0.6 is 0 Å². The predicted molar refractivity (Wildman–Crippen MR) is 91.8 cm³/mol. The van der Waals surface area contributed by atoms with Crippen LogP contribution in [0.5, 0.6) is 0 Å². The van der Waals surface area contributed by atoms with E-state index in [9.17, 15) is 4.79 Å². The molecule has 0 aliphatic heterocycles. The van der Waals surface area contributed by atoms with E-state index in [4.69, 9.17) is 4.74 Å². The van der Waals surface area contributed by atoms with Crippen LogP contribution in [0.4, 0.5) is 0 Å². The number of hydrogen-bond donors (Lipinski definition) is 0. The Balaban J connectivity index is 1.97. The number of fused-ring (bicyclic) bond motifs is 1. The first-order chi connectivity index (χ1) is 11.2. The summed E-state index contributed by atoms with van der Waals surface area (Å²) >= 11 is 0. The van der Waals surface area contributed by atoms with Crippen molar-refractivity contribution in [3.63, 3.8) is 0 Å². The van der Waals surface area contributed by atoms with Gasteiger partial charge in [0.25, 0.3) is 0 Å². The van der Waals surface area contributed by atoms with Gasteiger partial charge in [0, 0.05) is 18.1 Å². The minimum Gasteiger partial charge on any atom is -0.444 e. The Bertz CT molecular complexity index is 886. The van der Waals surface area contributed by atoms with Crippen molar-refractivity contribution in [3.8, 4) is 11.8 Å². The van der Waals surface area contributed by atoms with Crippen molar-refractivity contribution in [2.45, 2.75) is 13.0 Å². The maximum absolute atomic E-state index is 11.4. The fourth-order valence-electron chi connectivity index (χ4n) is 2.39. The number of hydrogen-bond acceptors (Lipinski definition) is 2. The fraction of sp³-hybridized carbons (Fsp3) is 0.0952. The molecular weight excluding hydrogens is 284 g/mol. The van der Waals surface area contributed by atoms with Gasteiger partial charge in [-0.3, -0.25) is 4.79 Å². The Morgan fingerprint density at radius 1 is 0.913 bits per heavy atom. The number of carbonyl (C=O) groups is 1. The summed E-state index contributed by atoms with van der Waals surface area (Å²) in [5.74, 6) is 5.78. The third kappa shape index (κ3) is 3.78. The van der Waals surface area contributed by atoms with Gasteiger partial charge in [0.15, 0.2) is 6.10 Å². The summed E-state index contributed by atoms with van der Waals surface area (Å²) in [5.41, 5.74) is 1.77. The molecule has 0 N–H and O–H groups in total. The molecule has 1 unspecified atom stereocenters. The van der Waals surface area contributed by atoms with E-state index in [1.54, 1.807) is 0 Å². The molecule has 0 amide bonds. The lowest BCUT2D eigenvalue weighted by molar-refractivity contribution is -0.144. The second kappa shape index (κ2) is 6.81. The van der Waals surface area contributed by atoms with Crippen LogP contribution in [0.1, 0.15) is 24.2 Å². The Hall–Kier alpha value is -3.05. The van der Waals surface area contributed by atoms with E-state index in [1.807, 2.05) is 66.7 Å². The number of esters is 1. The molecule has 0 aliphatic carbocycles. The van der Waals surface area contributed by atoms with Crippen molar-refractivity contribution < 1.29 is 9.53 Å². The molecule has 0 aromatic heterocycles. The van der Waals surface area contributed by atoms with E-state index in [0.29, 0.717) is 0 Å². The van der Waals surface area contributed by atoms with Crippen LogP contribution in [0.25, 0.3) is 10.8 Å². The minimum atomic E-state index is -0.572. The third-order valence-electron chi connectivity index (χ3n) is 3.48. The lowest BCUT2D eigenvalue weighted by Crippen LogP contribution is -2.06. The average molecular weight is 300 g/mol. The van der Waals surface area contributed by atoms with Crippen LogP contribution < -0.4 is 0 Å². The van der Waals surface area contributed by atoms with Crippen LogP contribution in [-0.4, -0.2) is 5.97 Å². The van der Waals surface area contributed by atoms with E-state index in [2.05, 4.69) is 17.9 Å². The van der Waals surface area contributed by atoms with Gasteiger partial charge >= 0.3 is 5.97 Å². The Labute approximate surface area is 135 Å². The molecule has 23 heavy (non-hydrogen) atoms. The number of ether oxygens (including phenoxy) is 1. The van der Waals surface area contributed by atoms with Gasteiger partial charge in [0.2, 0.25) is 0 Å². The summed E-state index contributed by atoms with van der Waals surface area (Å²) in [6, 6.07) is 23.7. The second-order valence-corrected chi connectivity index (χ2v) is 5.23. The smallest absolute Gasteiger partial charge is 0.304 e. The first-order valence-corrected chi connectivity index (χ1v) is 7.45. The van der Waals surface area contributed by atoms with Gasteiger partial charge in [-0.2, -0.15) is 0 Å². The van der Waals surface area contributed by atoms with Crippen LogP contribution in [0, 0.1) is 11.8 Å². The standard InChI is InChI=1S/C21H16O2/c1-16(22)23-21(14-11-17-7-3-2-4-8-17)20-13-12-18-9-5-6-10-19(18)15-20/h2-10,12-13,15,21H,1H3. The van der Waals surface area contributed by atoms with Crippen LogP contribution in [0.2, 0.25) is 0 Å². The third-order valence-corrected chi connectivity index (χ3v) is 3.48. The molecule has 3 aromatic rings. The molecular formula is C21H16O2. The van der Waals surface area contributed by atoms with Crippen molar-refractivity contribution in [2.75, 3.05) is 0 Å². The Morgan fingerprint density at radius 3 is 2.35 bits per heavy atom. The Morgan fingerprint density at radius 2 is 1.61 bits per heavy atom. The van der Waals surface area contributed by atoms with Crippen LogP contribution in [-0.2, 0) is 9.53 Å². The van der Waals surface area contributed by atoms with Crippen LogP contribution in [0.3, 0.4) is 0 Å².